The van der Waals surface area contributed by atoms with Crippen LogP contribution >= 0.6 is 0 Å². The van der Waals surface area contributed by atoms with Crippen LogP contribution in [-0.2, 0) is 28.7 Å². The molecule has 286 valence electrons. The summed E-state index contributed by atoms with van der Waals surface area (Å²) < 4.78 is 11.8. The van der Waals surface area contributed by atoms with Gasteiger partial charge < -0.3 is 19.1 Å². The Kier molecular flexibility index (Phi) is 13.7. The van der Waals surface area contributed by atoms with E-state index >= 15 is 0 Å². The first-order valence-corrected chi connectivity index (χ1v) is 18.9. The molecule has 52 heavy (non-hydrogen) atoms. The van der Waals surface area contributed by atoms with Gasteiger partial charge in [-0.1, -0.05) is 62.1 Å². The van der Waals surface area contributed by atoms with Crippen molar-refractivity contribution in [2.75, 3.05) is 0 Å². The average molecular weight is 721 g/mol. The van der Waals surface area contributed by atoms with Crippen molar-refractivity contribution in [3.8, 4) is 0 Å². The monoisotopic (exact) mass is 720 g/mol. The lowest BCUT2D eigenvalue weighted by molar-refractivity contribution is -0.257. The van der Waals surface area contributed by atoms with Crippen molar-refractivity contribution in [1.82, 2.24) is 10.1 Å². The fourth-order valence-electron chi connectivity index (χ4n) is 8.16. The normalized spacial score (nSPS) is 20.1. The maximum absolute atomic E-state index is 12.8. The topological polar surface area (TPSA) is 112 Å². The van der Waals surface area contributed by atoms with Crippen LogP contribution in [0.5, 0.6) is 0 Å². The lowest BCUT2D eigenvalue weighted by atomic mass is 9.80. The van der Waals surface area contributed by atoms with Crippen molar-refractivity contribution >= 4 is 23.9 Å². The summed E-state index contributed by atoms with van der Waals surface area (Å²) in [6.07, 6.45) is 7.78. The molecule has 2 fully saturated rings. The van der Waals surface area contributed by atoms with Gasteiger partial charge in [-0.3, -0.25) is 9.59 Å². The SMILES string of the molecule is CC1(C)CC(OC(=O)CCCCCCCCC(=O)OC2CC(C)(C)N(OC(=O)c3ccccc3)C(C)(C)C2)CC(C)(C)N1OC(=O)c1ccccc1. The number of unbranched alkanes of at least 4 members (excludes halogenated alkanes) is 5. The Labute approximate surface area is 310 Å². The first-order valence-electron chi connectivity index (χ1n) is 18.9. The molecule has 2 aromatic rings. The van der Waals surface area contributed by atoms with E-state index in [1.807, 2.05) is 91.8 Å². The molecule has 0 atom stereocenters. The standard InChI is InChI=1S/C42H60N2O8/c1-39(2)27-33(28-40(3,4)43(39)51-37(47)31-21-15-13-16-22-31)49-35(45)25-19-11-9-10-12-20-26-36(46)50-34-29-41(5,6)44(42(7,8)30-34)52-38(48)32-23-17-14-18-24-32/h13-18,21-24,33-34H,9-12,19-20,25-30H2,1-8H3. The van der Waals surface area contributed by atoms with Crippen LogP contribution in [0, 0.1) is 0 Å². The number of ether oxygens (including phenoxy) is 2. The van der Waals surface area contributed by atoms with E-state index in [-0.39, 0.29) is 24.1 Å². The minimum atomic E-state index is -0.520. The van der Waals surface area contributed by atoms with Gasteiger partial charge in [0.2, 0.25) is 0 Å². The largest absolute Gasteiger partial charge is 0.462 e. The van der Waals surface area contributed by atoms with Crippen molar-refractivity contribution in [3.05, 3.63) is 71.8 Å². The Morgan fingerprint density at radius 3 is 1.10 bits per heavy atom. The zero-order valence-electron chi connectivity index (χ0n) is 32.6. The van der Waals surface area contributed by atoms with E-state index in [2.05, 4.69) is 0 Å². The van der Waals surface area contributed by atoms with Crippen LogP contribution in [0.15, 0.2) is 60.7 Å². The lowest BCUT2D eigenvalue weighted by Gasteiger charge is -2.52. The smallest absolute Gasteiger partial charge is 0.357 e. The quantitative estimate of drug-likeness (QED) is 0.131. The van der Waals surface area contributed by atoms with Gasteiger partial charge in [0.05, 0.1) is 33.3 Å². The number of nitrogens with zero attached hydrogens (tertiary/aromatic N) is 2. The minimum absolute atomic E-state index is 0.194. The number of carbonyl (C=O) groups is 4. The maximum Gasteiger partial charge on any atom is 0.357 e. The van der Waals surface area contributed by atoms with Crippen LogP contribution < -0.4 is 0 Å². The molecule has 0 amide bonds. The van der Waals surface area contributed by atoms with Crippen molar-refractivity contribution < 1.29 is 38.3 Å². The van der Waals surface area contributed by atoms with Crippen molar-refractivity contribution in [3.63, 3.8) is 0 Å². The first kappa shape index (κ1) is 41.0. The summed E-state index contributed by atoms with van der Waals surface area (Å²) in [6.45, 7) is 16.0. The molecule has 2 heterocycles. The molecule has 10 heteroatoms. The zero-order valence-corrected chi connectivity index (χ0v) is 32.6. The second-order valence-corrected chi connectivity index (χ2v) is 17.0. The second-order valence-electron chi connectivity index (χ2n) is 17.0. The van der Waals surface area contributed by atoms with Crippen LogP contribution in [0.25, 0.3) is 0 Å². The summed E-state index contributed by atoms with van der Waals surface area (Å²) in [5.74, 6) is -1.19. The predicted octanol–water partition coefficient (Wildman–Crippen LogP) is 8.78. The van der Waals surface area contributed by atoms with E-state index < -0.39 is 34.1 Å². The number of hydrogen-bond acceptors (Lipinski definition) is 10. The highest BCUT2D eigenvalue weighted by Crippen LogP contribution is 2.41. The second kappa shape index (κ2) is 17.4. The predicted molar refractivity (Wildman–Crippen MR) is 199 cm³/mol. The molecular formula is C42H60N2O8. The minimum Gasteiger partial charge on any atom is -0.462 e. The summed E-state index contributed by atoms with van der Waals surface area (Å²) in [7, 11) is 0. The maximum atomic E-state index is 12.8. The highest BCUT2D eigenvalue weighted by Gasteiger charge is 2.50. The van der Waals surface area contributed by atoms with Crippen LogP contribution in [0.4, 0.5) is 0 Å². The Balaban J connectivity index is 1.09. The fourth-order valence-corrected chi connectivity index (χ4v) is 8.16. The van der Waals surface area contributed by atoms with Gasteiger partial charge in [0, 0.05) is 38.5 Å². The third-order valence-corrected chi connectivity index (χ3v) is 10.1. The molecule has 0 unspecified atom stereocenters. The van der Waals surface area contributed by atoms with Crippen molar-refractivity contribution in [2.45, 2.75) is 167 Å². The van der Waals surface area contributed by atoms with E-state index in [1.165, 1.54) is 0 Å². The van der Waals surface area contributed by atoms with E-state index in [0.29, 0.717) is 49.7 Å². The Morgan fingerprint density at radius 2 is 0.788 bits per heavy atom. The van der Waals surface area contributed by atoms with Crippen LogP contribution in [0.3, 0.4) is 0 Å². The summed E-state index contributed by atoms with van der Waals surface area (Å²) >= 11 is 0. The Hall–Kier alpha value is -3.76. The number of carbonyl (C=O) groups excluding carboxylic acids is 4. The van der Waals surface area contributed by atoms with Gasteiger partial charge in [-0.15, -0.1) is 10.1 Å². The number of benzene rings is 2. The van der Waals surface area contributed by atoms with Crippen LogP contribution in [0.2, 0.25) is 0 Å². The van der Waals surface area contributed by atoms with Gasteiger partial charge in [-0.25, -0.2) is 9.59 Å². The van der Waals surface area contributed by atoms with E-state index in [4.69, 9.17) is 19.1 Å². The highest BCUT2D eigenvalue weighted by molar-refractivity contribution is 5.89. The number of hydrogen-bond donors (Lipinski definition) is 0. The van der Waals surface area contributed by atoms with Crippen LogP contribution in [-0.4, -0.2) is 68.4 Å². The molecule has 10 nitrogen and oxygen atoms in total. The Bertz CT molecular complexity index is 1350. The summed E-state index contributed by atoms with van der Waals surface area (Å²) in [4.78, 5) is 62.9. The van der Waals surface area contributed by atoms with E-state index in [1.54, 1.807) is 34.4 Å². The van der Waals surface area contributed by atoms with Gasteiger partial charge in [-0.2, -0.15) is 0 Å². The van der Waals surface area contributed by atoms with Gasteiger partial charge in [-0.05, 0) is 92.5 Å². The number of hydroxylamine groups is 4. The highest BCUT2D eigenvalue weighted by atomic mass is 16.7. The van der Waals surface area contributed by atoms with Crippen molar-refractivity contribution in [1.29, 1.82) is 0 Å². The molecular weight excluding hydrogens is 660 g/mol. The summed E-state index contributed by atoms with van der Waals surface area (Å²) in [5.41, 5.74) is -1.09. The third-order valence-electron chi connectivity index (χ3n) is 10.1. The number of rotatable bonds is 15. The van der Waals surface area contributed by atoms with Gasteiger partial charge >= 0.3 is 23.9 Å². The average Bonchev–Trinajstić information content (AvgIpc) is 3.05. The fraction of sp³-hybridized carbons (Fsp3) is 0.619. The molecule has 2 aliphatic heterocycles. The molecule has 0 aliphatic carbocycles. The molecule has 2 aliphatic rings. The summed E-state index contributed by atoms with van der Waals surface area (Å²) in [5, 5.41) is 3.52. The molecule has 0 bridgehead atoms. The molecule has 2 saturated heterocycles. The number of piperidine rings is 2. The van der Waals surface area contributed by atoms with Gasteiger partial charge in [0.1, 0.15) is 12.2 Å². The number of esters is 2. The van der Waals surface area contributed by atoms with E-state index in [0.717, 1.165) is 38.5 Å². The van der Waals surface area contributed by atoms with Gasteiger partial charge in [0.25, 0.3) is 0 Å². The van der Waals surface area contributed by atoms with Crippen molar-refractivity contribution in [2.24, 2.45) is 0 Å². The summed E-state index contributed by atoms with van der Waals surface area (Å²) in [6, 6.07) is 17.9. The molecule has 0 radical (unpaired) electrons. The molecule has 0 spiro atoms. The van der Waals surface area contributed by atoms with Crippen LogP contribution in [0.1, 0.15) is 153 Å². The molecule has 0 saturated carbocycles. The third kappa shape index (κ3) is 11.4. The molecule has 4 rings (SSSR count). The van der Waals surface area contributed by atoms with E-state index in [9.17, 15) is 19.2 Å². The molecule has 0 aromatic heterocycles. The zero-order chi connectivity index (χ0) is 38.2. The van der Waals surface area contributed by atoms with Gasteiger partial charge in [0.15, 0.2) is 0 Å². The molecule has 2 aromatic carbocycles. The molecule has 0 N–H and O–H groups in total. The lowest BCUT2D eigenvalue weighted by Crippen LogP contribution is -2.62. The Morgan fingerprint density at radius 1 is 0.500 bits per heavy atom. The first-order chi connectivity index (χ1) is 24.4.